The molecule has 0 spiro atoms. The Morgan fingerprint density at radius 2 is 2.11 bits per heavy atom. The van der Waals surface area contributed by atoms with Gasteiger partial charge in [0.05, 0.1) is 12.3 Å². The highest BCUT2D eigenvalue weighted by Gasteiger charge is 2.15. The van der Waals surface area contributed by atoms with Gasteiger partial charge in [-0.25, -0.2) is 13.6 Å². The van der Waals surface area contributed by atoms with E-state index in [-0.39, 0.29) is 29.1 Å². The number of methoxy groups -OCH3 is 1. The van der Waals surface area contributed by atoms with Crippen LogP contribution in [0.2, 0.25) is 0 Å². The van der Waals surface area contributed by atoms with Crippen molar-refractivity contribution in [3.05, 3.63) is 41.1 Å². The quantitative estimate of drug-likeness (QED) is 0.891. The normalized spacial score (nSPS) is 10.7. The van der Waals surface area contributed by atoms with Gasteiger partial charge in [0, 0.05) is 18.2 Å². The maximum absolute atomic E-state index is 13.8. The molecular weight excluding hydrogens is 258 g/mol. The Morgan fingerprint density at radius 1 is 1.37 bits per heavy atom. The largest absolute Gasteiger partial charge is 0.477 e. The number of nitrogens with one attached hydrogen (secondary N) is 1. The second-order valence-electron chi connectivity index (χ2n) is 3.83. The number of hydrogen-bond donors (Lipinski definition) is 2. The lowest BCUT2D eigenvalue weighted by Gasteiger charge is -2.05. The first kappa shape index (κ1) is 13.2. The number of carbonyl (C=O) groups is 1. The summed E-state index contributed by atoms with van der Waals surface area (Å²) in [6, 6.07) is 3.10. The van der Waals surface area contributed by atoms with Gasteiger partial charge in [-0.05, 0) is 18.2 Å². The molecule has 1 heterocycles. The lowest BCUT2D eigenvalue weighted by atomic mass is 10.1. The van der Waals surface area contributed by atoms with E-state index in [0.29, 0.717) is 0 Å². The topological polar surface area (TPSA) is 75.2 Å². The van der Waals surface area contributed by atoms with Crippen molar-refractivity contribution < 1.29 is 23.4 Å². The highest BCUT2D eigenvalue weighted by molar-refractivity contribution is 5.86. The molecule has 100 valence electrons. The molecule has 0 radical (unpaired) electrons. The molecular formula is C12H10F2N2O3. The van der Waals surface area contributed by atoms with Gasteiger partial charge in [0.25, 0.3) is 0 Å². The zero-order valence-corrected chi connectivity index (χ0v) is 9.91. The van der Waals surface area contributed by atoms with Crippen molar-refractivity contribution in [3.8, 4) is 11.3 Å². The summed E-state index contributed by atoms with van der Waals surface area (Å²) in [4.78, 5) is 10.7. The molecule has 0 saturated carbocycles. The Balaban J connectivity index is 2.44. The molecule has 0 bridgehead atoms. The molecule has 0 aliphatic heterocycles. The van der Waals surface area contributed by atoms with Gasteiger partial charge < -0.3 is 9.84 Å². The van der Waals surface area contributed by atoms with Crippen LogP contribution < -0.4 is 0 Å². The van der Waals surface area contributed by atoms with E-state index in [1.165, 1.54) is 7.11 Å². The summed E-state index contributed by atoms with van der Waals surface area (Å²) < 4.78 is 32.2. The van der Waals surface area contributed by atoms with Gasteiger partial charge in [-0.3, -0.25) is 5.10 Å². The summed E-state index contributed by atoms with van der Waals surface area (Å²) in [5.41, 5.74) is -0.201. The number of aromatic carboxylic acids is 1. The third kappa shape index (κ3) is 2.60. The van der Waals surface area contributed by atoms with Gasteiger partial charge in [0.2, 0.25) is 0 Å². The van der Waals surface area contributed by atoms with Crippen molar-refractivity contribution >= 4 is 5.97 Å². The number of H-pyrrole nitrogens is 1. The van der Waals surface area contributed by atoms with E-state index in [1.807, 2.05) is 0 Å². The Morgan fingerprint density at radius 3 is 2.68 bits per heavy atom. The molecule has 0 unspecified atom stereocenters. The number of halogens is 2. The van der Waals surface area contributed by atoms with Gasteiger partial charge in [-0.2, -0.15) is 5.10 Å². The van der Waals surface area contributed by atoms with E-state index in [9.17, 15) is 13.6 Å². The highest BCUT2D eigenvalue weighted by Crippen LogP contribution is 2.25. The van der Waals surface area contributed by atoms with E-state index in [1.54, 1.807) is 0 Å². The van der Waals surface area contributed by atoms with Crippen LogP contribution in [0, 0.1) is 11.6 Å². The minimum absolute atomic E-state index is 0.0257. The number of benzene rings is 1. The number of aromatic nitrogens is 2. The first-order valence-corrected chi connectivity index (χ1v) is 5.29. The summed E-state index contributed by atoms with van der Waals surface area (Å²) in [6.07, 6.45) is 0. The van der Waals surface area contributed by atoms with Gasteiger partial charge in [0.1, 0.15) is 17.3 Å². The van der Waals surface area contributed by atoms with Crippen molar-refractivity contribution in [3.63, 3.8) is 0 Å². The number of hydrogen-bond acceptors (Lipinski definition) is 3. The Bertz CT molecular complexity index is 625. The van der Waals surface area contributed by atoms with E-state index in [0.717, 1.165) is 18.2 Å². The van der Waals surface area contributed by atoms with Crippen LogP contribution in [0.1, 0.15) is 16.1 Å². The van der Waals surface area contributed by atoms with Gasteiger partial charge in [-0.1, -0.05) is 0 Å². The lowest BCUT2D eigenvalue weighted by molar-refractivity contribution is 0.0690. The van der Waals surface area contributed by atoms with Gasteiger partial charge in [-0.15, -0.1) is 0 Å². The van der Waals surface area contributed by atoms with Crippen LogP contribution in [0.25, 0.3) is 11.3 Å². The average molecular weight is 268 g/mol. The van der Waals surface area contributed by atoms with Crippen LogP contribution in [0.4, 0.5) is 8.78 Å². The summed E-state index contributed by atoms with van der Waals surface area (Å²) in [5.74, 6) is -2.56. The molecule has 0 fully saturated rings. The van der Waals surface area contributed by atoms with E-state index >= 15 is 0 Å². The fourth-order valence-electron chi connectivity index (χ4n) is 1.62. The molecule has 1 aromatic carbocycles. The second-order valence-corrected chi connectivity index (χ2v) is 3.83. The number of aromatic amines is 1. The van der Waals surface area contributed by atoms with Crippen molar-refractivity contribution in [2.45, 2.75) is 6.61 Å². The zero-order valence-electron chi connectivity index (χ0n) is 9.91. The summed E-state index contributed by atoms with van der Waals surface area (Å²) in [5, 5.41) is 14.6. The van der Waals surface area contributed by atoms with E-state index < -0.39 is 17.6 Å². The molecule has 7 heteroatoms. The Labute approximate surface area is 106 Å². The predicted octanol–water partition coefficient (Wildman–Crippen LogP) is 2.20. The number of rotatable bonds is 4. The van der Waals surface area contributed by atoms with Crippen LogP contribution in [-0.2, 0) is 11.3 Å². The zero-order chi connectivity index (χ0) is 14.0. The number of ether oxygens (including phenoxy) is 1. The number of nitrogens with zero attached hydrogens (tertiary/aromatic N) is 1. The van der Waals surface area contributed by atoms with Crippen molar-refractivity contribution in [1.29, 1.82) is 0 Å². The van der Waals surface area contributed by atoms with Crippen LogP contribution in [0.3, 0.4) is 0 Å². The molecule has 0 aliphatic carbocycles. The number of carboxylic acid groups (broad SMARTS) is 1. The average Bonchev–Trinajstić information content (AvgIpc) is 2.83. The van der Waals surface area contributed by atoms with Crippen molar-refractivity contribution in [2.75, 3.05) is 7.11 Å². The van der Waals surface area contributed by atoms with Gasteiger partial charge in [0.15, 0.2) is 0 Å². The first-order valence-electron chi connectivity index (χ1n) is 5.29. The minimum atomic E-state index is -1.23. The smallest absolute Gasteiger partial charge is 0.353 e. The van der Waals surface area contributed by atoms with Crippen LogP contribution >= 0.6 is 0 Å². The molecule has 0 amide bonds. The molecule has 0 saturated heterocycles. The van der Waals surface area contributed by atoms with E-state index in [2.05, 4.69) is 10.2 Å². The monoisotopic (exact) mass is 268 g/mol. The predicted molar refractivity (Wildman–Crippen MR) is 61.6 cm³/mol. The van der Waals surface area contributed by atoms with Crippen molar-refractivity contribution in [2.24, 2.45) is 0 Å². The SMILES string of the molecule is COCc1cc(F)c(-c2cc(C(=O)O)[nH]n2)cc1F. The third-order valence-corrected chi connectivity index (χ3v) is 2.52. The molecule has 2 rings (SSSR count). The number of carboxylic acids is 1. The van der Waals surface area contributed by atoms with Crippen LogP contribution in [-0.4, -0.2) is 28.4 Å². The molecule has 0 aliphatic rings. The Kier molecular flexibility index (Phi) is 3.57. The summed E-state index contributed by atoms with van der Waals surface area (Å²) in [6.45, 7) is -0.0516. The molecule has 2 N–H and O–H groups in total. The fourth-order valence-corrected chi connectivity index (χ4v) is 1.62. The molecule has 19 heavy (non-hydrogen) atoms. The maximum atomic E-state index is 13.8. The standard InChI is InChI=1S/C12H10F2N2O3/c1-19-5-6-2-9(14)7(3-8(6)13)10-4-11(12(17)18)16-15-10/h2-4H,5H2,1H3,(H,15,16)(H,17,18). The summed E-state index contributed by atoms with van der Waals surface area (Å²) in [7, 11) is 1.37. The minimum Gasteiger partial charge on any atom is -0.477 e. The molecule has 0 atom stereocenters. The highest BCUT2D eigenvalue weighted by atomic mass is 19.1. The lowest BCUT2D eigenvalue weighted by Crippen LogP contribution is -1.96. The maximum Gasteiger partial charge on any atom is 0.353 e. The fraction of sp³-hybridized carbons (Fsp3) is 0.167. The second kappa shape index (κ2) is 5.15. The van der Waals surface area contributed by atoms with Crippen molar-refractivity contribution in [1.82, 2.24) is 10.2 Å². The summed E-state index contributed by atoms with van der Waals surface area (Å²) >= 11 is 0. The van der Waals surface area contributed by atoms with E-state index in [4.69, 9.17) is 9.84 Å². The van der Waals surface area contributed by atoms with Gasteiger partial charge >= 0.3 is 5.97 Å². The molecule has 2 aromatic rings. The third-order valence-electron chi connectivity index (χ3n) is 2.52. The Hall–Kier alpha value is -2.28. The molecule has 5 nitrogen and oxygen atoms in total. The van der Waals surface area contributed by atoms with Crippen LogP contribution in [0.15, 0.2) is 18.2 Å². The first-order chi connectivity index (χ1) is 9.02. The molecule has 1 aromatic heterocycles. The van der Waals surface area contributed by atoms with Crippen LogP contribution in [0.5, 0.6) is 0 Å².